The molecule has 0 fully saturated rings. The van der Waals surface area contributed by atoms with E-state index in [4.69, 9.17) is 4.74 Å². The molecule has 0 unspecified atom stereocenters. The van der Waals surface area contributed by atoms with Crippen molar-refractivity contribution in [3.63, 3.8) is 0 Å². The number of ether oxygens (including phenoxy) is 1. The van der Waals surface area contributed by atoms with E-state index in [1.54, 1.807) is 7.11 Å². The van der Waals surface area contributed by atoms with Crippen LogP contribution in [0.25, 0.3) is 72.7 Å². The summed E-state index contributed by atoms with van der Waals surface area (Å²) >= 11 is 3.78. The summed E-state index contributed by atoms with van der Waals surface area (Å²) in [6.07, 6.45) is 2.08. The van der Waals surface area contributed by atoms with Gasteiger partial charge in [0.25, 0.3) is 0 Å². The molecule has 0 atom stereocenters. The van der Waals surface area contributed by atoms with Crippen LogP contribution in [0.4, 0.5) is 34.1 Å². The van der Waals surface area contributed by atoms with Gasteiger partial charge in [0.2, 0.25) is 0 Å². The van der Waals surface area contributed by atoms with Crippen LogP contribution in [-0.4, -0.2) is 7.11 Å². The van der Waals surface area contributed by atoms with Crippen molar-refractivity contribution in [1.82, 2.24) is 0 Å². The van der Waals surface area contributed by atoms with E-state index in [1.807, 2.05) is 22.7 Å². The number of rotatable bonds is 7. The molecule has 65 heavy (non-hydrogen) atoms. The molecule has 2 heterocycles. The summed E-state index contributed by atoms with van der Waals surface area (Å²) in [5.74, 6) is 0.846. The number of benzene rings is 10. The van der Waals surface area contributed by atoms with Crippen LogP contribution >= 0.6 is 22.7 Å². The molecule has 0 spiro atoms. The van der Waals surface area contributed by atoms with Crippen LogP contribution in [0.5, 0.6) is 5.75 Å². The fourth-order valence-electron chi connectivity index (χ4n) is 11.1. The van der Waals surface area contributed by atoms with Crippen LogP contribution in [-0.2, 0) is 11.8 Å². The number of methoxy groups -OCH3 is 1. The first kappa shape index (κ1) is 38.5. The second-order valence-corrected chi connectivity index (χ2v) is 20.7. The fraction of sp³-hybridized carbons (Fsp3) is 0.133. The van der Waals surface area contributed by atoms with Crippen molar-refractivity contribution in [1.29, 1.82) is 0 Å². The smallest absolute Gasteiger partial charge is 0.119 e. The summed E-state index contributed by atoms with van der Waals surface area (Å²) in [6.45, 7) is 9.41. The zero-order valence-electron chi connectivity index (χ0n) is 37.1. The number of nitrogens with zero attached hydrogens (tertiary/aromatic N) is 2. The molecule has 0 saturated heterocycles. The lowest BCUT2D eigenvalue weighted by Gasteiger charge is -2.37. The second kappa shape index (κ2) is 14.3. The molecule has 0 bridgehead atoms. The Bertz CT molecular complexity index is 3880. The Morgan fingerprint density at radius 2 is 1.03 bits per heavy atom. The number of thiophene rings is 2. The highest BCUT2D eigenvalue weighted by Crippen LogP contribution is 2.55. The minimum atomic E-state index is -0.0258. The predicted molar refractivity (Wildman–Crippen MR) is 283 cm³/mol. The molecule has 1 aliphatic rings. The van der Waals surface area contributed by atoms with E-state index in [0.717, 1.165) is 30.0 Å². The summed E-state index contributed by atoms with van der Waals surface area (Å²) in [5, 5.41) is 13.2. The van der Waals surface area contributed by atoms with Gasteiger partial charge in [-0.15, -0.1) is 22.7 Å². The molecule has 0 saturated carbocycles. The Morgan fingerprint density at radius 3 is 1.65 bits per heavy atom. The second-order valence-electron chi connectivity index (χ2n) is 18.6. The van der Waals surface area contributed by atoms with E-state index < -0.39 is 0 Å². The highest BCUT2D eigenvalue weighted by molar-refractivity contribution is 7.26. The quantitative estimate of drug-likeness (QED) is 0.148. The molecule has 0 radical (unpaired) electrons. The molecule has 1 aliphatic carbocycles. The van der Waals surface area contributed by atoms with Crippen LogP contribution in [0.15, 0.2) is 164 Å². The average Bonchev–Trinajstić information content (AvgIpc) is 3.91. The largest absolute Gasteiger partial charge is 0.497 e. The molecule has 0 N–H and O–H groups in total. The van der Waals surface area contributed by atoms with Crippen LogP contribution < -0.4 is 14.5 Å². The van der Waals surface area contributed by atoms with Crippen LogP contribution in [0.3, 0.4) is 0 Å². The summed E-state index contributed by atoms with van der Waals surface area (Å²) in [7, 11) is 1.74. The van der Waals surface area contributed by atoms with Gasteiger partial charge in [0.1, 0.15) is 5.75 Å². The van der Waals surface area contributed by atoms with Crippen molar-refractivity contribution in [3.8, 4) is 5.75 Å². The molecular formula is C60H46N2OS2. The van der Waals surface area contributed by atoms with Crippen molar-refractivity contribution < 1.29 is 4.74 Å². The SMILES string of the molecule is COc1ccc(N(c2cc3c4c(cc5c(N(c6ccc(C)cc6)c6cccc7c6sc6ccccc67)cc(C)c6ccc2c4c65)C(C)(C)CC3)c2cccc3c2sc2ccccc23)cc1. The molecule has 12 aromatic rings. The maximum absolute atomic E-state index is 5.73. The van der Waals surface area contributed by atoms with E-state index in [-0.39, 0.29) is 5.41 Å². The van der Waals surface area contributed by atoms with Gasteiger partial charge in [0.15, 0.2) is 0 Å². The van der Waals surface area contributed by atoms with Gasteiger partial charge in [-0.1, -0.05) is 104 Å². The average molecular weight is 875 g/mol. The summed E-state index contributed by atoms with van der Waals surface area (Å²) in [4.78, 5) is 5.10. The van der Waals surface area contributed by atoms with Crippen LogP contribution in [0.1, 0.15) is 42.5 Å². The van der Waals surface area contributed by atoms with Gasteiger partial charge < -0.3 is 14.5 Å². The lowest BCUT2D eigenvalue weighted by molar-refractivity contribution is 0.415. The Labute approximate surface area is 386 Å². The third-order valence-corrected chi connectivity index (χ3v) is 16.8. The van der Waals surface area contributed by atoms with E-state index >= 15 is 0 Å². The monoisotopic (exact) mass is 874 g/mol. The highest BCUT2D eigenvalue weighted by Gasteiger charge is 2.34. The number of aryl methyl sites for hydroxylation is 3. The molecular weight excluding hydrogens is 829 g/mol. The Hall–Kier alpha value is -6.92. The van der Waals surface area contributed by atoms with E-state index in [9.17, 15) is 0 Å². The molecule has 2 aromatic heterocycles. The van der Waals surface area contributed by atoms with Gasteiger partial charge in [0, 0.05) is 58.5 Å². The third-order valence-electron chi connectivity index (χ3n) is 14.3. The topological polar surface area (TPSA) is 15.7 Å². The standard InChI is InChI=1S/C60H46N2OS2/c1-35-20-22-38(23-21-35)61(49-16-10-14-44-42-12-6-8-18-53(42)64-58(44)49)51-32-36(2)41-28-29-46-52(33-37-30-31-60(3,4)48-34-47(51)56(41)57(46)55(37)48)62(39-24-26-40(63-5)27-25-39)50-17-11-15-45-43-13-7-9-19-54(43)65-59(45)50/h6-29,32-34H,30-31H2,1-5H3. The first-order valence-electron chi connectivity index (χ1n) is 22.7. The Balaban J connectivity index is 1.16. The highest BCUT2D eigenvalue weighted by atomic mass is 32.1. The van der Waals surface area contributed by atoms with Gasteiger partial charge in [-0.3, -0.25) is 0 Å². The van der Waals surface area contributed by atoms with Crippen LogP contribution in [0.2, 0.25) is 0 Å². The van der Waals surface area contributed by atoms with Crippen molar-refractivity contribution in [2.24, 2.45) is 0 Å². The molecule has 0 aliphatic heterocycles. The van der Waals surface area contributed by atoms with Gasteiger partial charge in [-0.2, -0.15) is 0 Å². The van der Waals surface area contributed by atoms with Gasteiger partial charge in [0.05, 0.1) is 39.3 Å². The van der Waals surface area contributed by atoms with Crippen molar-refractivity contribution >= 4 is 129 Å². The van der Waals surface area contributed by atoms with Gasteiger partial charge >= 0.3 is 0 Å². The van der Waals surface area contributed by atoms with Crippen LogP contribution in [0, 0.1) is 13.8 Å². The number of fused-ring (bicyclic) bond motifs is 6. The normalized spacial score (nSPS) is 13.6. The minimum Gasteiger partial charge on any atom is -0.497 e. The zero-order valence-corrected chi connectivity index (χ0v) is 38.8. The van der Waals surface area contributed by atoms with Crippen molar-refractivity contribution in [3.05, 3.63) is 186 Å². The lowest BCUT2D eigenvalue weighted by atomic mass is 9.70. The molecule has 0 amide bonds. The molecule has 5 heteroatoms. The minimum absolute atomic E-state index is 0.0258. The summed E-state index contributed by atoms with van der Waals surface area (Å²) < 4.78 is 10.9. The first-order valence-corrected chi connectivity index (χ1v) is 24.3. The maximum Gasteiger partial charge on any atom is 0.119 e. The Morgan fingerprint density at radius 1 is 0.477 bits per heavy atom. The number of anilines is 6. The molecule has 13 rings (SSSR count). The molecule has 314 valence electrons. The first-order chi connectivity index (χ1) is 31.8. The van der Waals surface area contributed by atoms with E-state index in [1.165, 1.54) is 118 Å². The van der Waals surface area contributed by atoms with Crippen molar-refractivity contribution in [2.75, 3.05) is 16.9 Å². The van der Waals surface area contributed by atoms with E-state index in [2.05, 4.69) is 201 Å². The molecule has 3 nitrogen and oxygen atoms in total. The summed E-state index contributed by atoms with van der Waals surface area (Å²) in [6, 6.07) is 61.6. The third kappa shape index (κ3) is 5.71. The Kier molecular flexibility index (Phi) is 8.47. The van der Waals surface area contributed by atoms with Gasteiger partial charge in [-0.25, -0.2) is 0 Å². The number of hydrogen-bond donors (Lipinski definition) is 0. The van der Waals surface area contributed by atoms with Gasteiger partial charge in [-0.05, 0) is 144 Å². The van der Waals surface area contributed by atoms with E-state index in [0.29, 0.717) is 0 Å². The predicted octanol–water partition coefficient (Wildman–Crippen LogP) is 18.1. The fourth-order valence-corrected chi connectivity index (χ4v) is 13.5. The van der Waals surface area contributed by atoms with Crippen molar-refractivity contribution in [2.45, 2.75) is 46.0 Å². The lowest BCUT2D eigenvalue weighted by Crippen LogP contribution is -2.24. The summed E-state index contributed by atoms with van der Waals surface area (Å²) in [5.41, 5.74) is 12.4. The zero-order chi connectivity index (χ0) is 43.7. The molecule has 10 aromatic carbocycles. The maximum atomic E-state index is 5.73. The number of hydrogen-bond acceptors (Lipinski definition) is 5.